The highest BCUT2D eigenvalue weighted by molar-refractivity contribution is 6.37. The number of aromatic hydroxyl groups is 1. The quantitative estimate of drug-likeness (QED) is 0.330. The molecule has 2 aromatic rings. The Morgan fingerprint density at radius 1 is 1.00 bits per heavy atom. The van der Waals surface area contributed by atoms with Crippen molar-refractivity contribution in [2.75, 3.05) is 19.8 Å². The van der Waals surface area contributed by atoms with Gasteiger partial charge in [-0.1, -0.05) is 36.7 Å². The average molecular weight is 426 g/mol. The van der Waals surface area contributed by atoms with Crippen molar-refractivity contribution in [2.45, 2.75) is 26.2 Å². The number of hydroxylamine groups is 1. The molecule has 0 saturated heterocycles. The molecule has 7 heteroatoms. The van der Waals surface area contributed by atoms with Crippen molar-refractivity contribution in [3.05, 3.63) is 58.6 Å². The summed E-state index contributed by atoms with van der Waals surface area (Å²) in [5.41, 5.74) is 4.48. The van der Waals surface area contributed by atoms with Gasteiger partial charge in [0.1, 0.15) is 11.5 Å². The first kappa shape index (κ1) is 22.2. The minimum atomic E-state index is 0.00890. The smallest absolute Gasteiger partial charge is 0.156 e. The van der Waals surface area contributed by atoms with Crippen LogP contribution in [0.3, 0.4) is 0 Å². The summed E-state index contributed by atoms with van der Waals surface area (Å²) in [6.45, 7) is 7.64. The molecule has 0 spiro atoms. The summed E-state index contributed by atoms with van der Waals surface area (Å²) in [5.74, 6) is 1.18. The third-order valence-corrected chi connectivity index (χ3v) is 4.30. The predicted molar refractivity (Wildman–Crippen MR) is 113 cm³/mol. The lowest BCUT2D eigenvalue weighted by atomic mass is 10.2. The van der Waals surface area contributed by atoms with Crippen LogP contribution in [0.1, 0.15) is 31.7 Å². The second-order valence-electron chi connectivity index (χ2n) is 6.10. The minimum Gasteiger partial charge on any atom is -0.508 e. The molecule has 0 saturated carbocycles. The van der Waals surface area contributed by atoms with Crippen LogP contribution in [0.5, 0.6) is 17.2 Å². The highest BCUT2D eigenvalue weighted by Gasteiger charge is 2.09. The molecule has 0 unspecified atom stereocenters. The lowest BCUT2D eigenvalue weighted by Crippen LogP contribution is -2.12. The molecule has 28 heavy (non-hydrogen) atoms. The Kier molecular flexibility index (Phi) is 9.28. The average Bonchev–Trinajstić information content (AvgIpc) is 2.66. The molecule has 0 amide bonds. The third-order valence-electron chi connectivity index (χ3n) is 3.74. The van der Waals surface area contributed by atoms with E-state index in [1.165, 1.54) is 12.1 Å². The highest BCUT2D eigenvalue weighted by atomic mass is 35.5. The predicted octanol–water partition coefficient (Wildman–Crippen LogP) is 5.84. The molecule has 5 nitrogen and oxygen atoms in total. The summed E-state index contributed by atoms with van der Waals surface area (Å²) in [5, 5.41) is 9.99. The largest absolute Gasteiger partial charge is 0.508 e. The molecule has 0 bridgehead atoms. The zero-order chi connectivity index (χ0) is 20.4. The van der Waals surface area contributed by atoms with E-state index in [0.29, 0.717) is 31.3 Å². The van der Waals surface area contributed by atoms with E-state index in [2.05, 4.69) is 12.1 Å². The summed E-state index contributed by atoms with van der Waals surface area (Å²) < 4.78 is 11.3. The van der Waals surface area contributed by atoms with Crippen molar-refractivity contribution in [1.82, 2.24) is 5.48 Å². The maximum absolute atomic E-state index is 9.41. The molecular weight excluding hydrogens is 401 g/mol. The number of benzene rings is 2. The van der Waals surface area contributed by atoms with Gasteiger partial charge in [0.2, 0.25) is 0 Å². The zero-order valence-electron chi connectivity index (χ0n) is 15.8. The van der Waals surface area contributed by atoms with Gasteiger partial charge in [0.15, 0.2) is 5.75 Å². The van der Waals surface area contributed by atoms with Gasteiger partial charge in [0.25, 0.3) is 0 Å². The van der Waals surface area contributed by atoms with Gasteiger partial charge >= 0.3 is 0 Å². The Morgan fingerprint density at radius 2 is 1.61 bits per heavy atom. The first-order chi connectivity index (χ1) is 13.5. The fraction of sp³-hybridized carbons (Fsp3) is 0.333. The van der Waals surface area contributed by atoms with Gasteiger partial charge in [-0.25, -0.2) is 0 Å². The van der Waals surface area contributed by atoms with E-state index >= 15 is 0 Å². The second-order valence-corrected chi connectivity index (χ2v) is 6.91. The van der Waals surface area contributed by atoms with Gasteiger partial charge in [-0.3, -0.25) is 10.3 Å². The van der Waals surface area contributed by atoms with Crippen molar-refractivity contribution in [3.8, 4) is 17.2 Å². The molecule has 0 atom stereocenters. The Bertz CT molecular complexity index is 742. The molecule has 2 aromatic carbocycles. The molecular formula is C21H25Cl2NO4. The van der Waals surface area contributed by atoms with E-state index in [9.17, 15) is 5.11 Å². The number of phenols is 1. The van der Waals surface area contributed by atoms with Crippen molar-refractivity contribution >= 4 is 28.9 Å². The van der Waals surface area contributed by atoms with Crippen LogP contribution in [0.4, 0.5) is 0 Å². The van der Waals surface area contributed by atoms with Crippen molar-refractivity contribution < 1.29 is 19.4 Å². The second kappa shape index (κ2) is 11.7. The number of nitrogens with one attached hydrogen (secondary N) is 1. The number of phenolic OH excluding ortho intramolecular Hbond substituents is 1. The van der Waals surface area contributed by atoms with Crippen LogP contribution in [0.15, 0.2) is 43.0 Å². The molecule has 0 fully saturated rings. The summed E-state index contributed by atoms with van der Waals surface area (Å²) in [6, 6.07) is 10.4. The van der Waals surface area contributed by atoms with Crippen LogP contribution in [0, 0.1) is 0 Å². The lowest BCUT2D eigenvalue weighted by Gasteiger charge is -2.11. The standard InChI is InChI=1S/C21H25Cl2NO4/c1-3-10-28-24-15(2)16-6-8-18(9-7-16)26-11-4-5-12-27-21-19(22)13-17(25)14-20(21)23/h6-9,13-14,24-25H,2-5,10-12H2,1H3. The Labute approximate surface area is 175 Å². The monoisotopic (exact) mass is 425 g/mol. The van der Waals surface area contributed by atoms with Crippen molar-refractivity contribution in [2.24, 2.45) is 0 Å². The van der Waals surface area contributed by atoms with Crippen LogP contribution in [-0.2, 0) is 4.84 Å². The normalized spacial score (nSPS) is 10.5. The molecule has 2 rings (SSSR count). The van der Waals surface area contributed by atoms with E-state index in [1.54, 1.807) is 0 Å². The number of hydrogen-bond acceptors (Lipinski definition) is 5. The summed E-state index contributed by atoms with van der Waals surface area (Å²) in [4.78, 5) is 5.26. The molecule has 0 aliphatic carbocycles. The van der Waals surface area contributed by atoms with E-state index in [-0.39, 0.29) is 15.8 Å². The topological polar surface area (TPSA) is 60.0 Å². The number of unbranched alkanes of at least 4 members (excludes halogenated alkanes) is 1. The van der Waals surface area contributed by atoms with Crippen LogP contribution < -0.4 is 15.0 Å². The van der Waals surface area contributed by atoms with E-state index < -0.39 is 0 Å². The van der Waals surface area contributed by atoms with Crippen LogP contribution in [0.25, 0.3) is 5.70 Å². The maximum atomic E-state index is 9.41. The molecule has 0 aromatic heterocycles. The Hall–Kier alpha value is -2.08. The highest BCUT2D eigenvalue weighted by Crippen LogP contribution is 2.36. The van der Waals surface area contributed by atoms with Crippen molar-refractivity contribution in [1.29, 1.82) is 0 Å². The Balaban J connectivity index is 1.66. The lowest BCUT2D eigenvalue weighted by molar-refractivity contribution is 0.0791. The zero-order valence-corrected chi connectivity index (χ0v) is 17.4. The van der Waals surface area contributed by atoms with Gasteiger partial charge in [0, 0.05) is 12.1 Å². The summed E-state index contributed by atoms with van der Waals surface area (Å²) in [6.07, 6.45) is 2.53. The molecule has 0 aliphatic heterocycles. The van der Waals surface area contributed by atoms with Gasteiger partial charge in [0.05, 0.1) is 35.6 Å². The minimum absolute atomic E-state index is 0.00890. The van der Waals surface area contributed by atoms with Crippen molar-refractivity contribution in [3.63, 3.8) is 0 Å². The Morgan fingerprint density at radius 3 is 2.21 bits per heavy atom. The molecule has 0 heterocycles. The number of ether oxygens (including phenoxy) is 2. The van der Waals surface area contributed by atoms with Gasteiger partial charge in [-0.15, -0.1) is 0 Å². The number of rotatable bonds is 12. The fourth-order valence-corrected chi connectivity index (χ4v) is 2.89. The van der Waals surface area contributed by atoms with E-state index in [0.717, 1.165) is 30.6 Å². The fourth-order valence-electron chi connectivity index (χ4n) is 2.30. The SMILES string of the molecule is C=C(NOCCC)c1ccc(OCCCCOc2c(Cl)cc(O)cc2Cl)cc1. The molecule has 2 N–H and O–H groups in total. The number of halogens is 2. The van der Waals surface area contributed by atoms with Gasteiger partial charge < -0.3 is 14.6 Å². The van der Waals surface area contributed by atoms with Gasteiger partial charge in [-0.2, -0.15) is 0 Å². The van der Waals surface area contributed by atoms with E-state index in [1.807, 2.05) is 31.2 Å². The van der Waals surface area contributed by atoms with E-state index in [4.69, 9.17) is 37.5 Å². The maximum Gasteiger partial charge on any atom is 0.156 e. The third kappa shape index (κ3) is 7.15. The summed E-state index contributed by atoms with van der Waals surface area (Å²) in [7, 11) is 0. The van der Waals surface area contributed by atoms with Crippen LogP contribution >= 0.6 is 23.2 Å². The first-order valence-electron chi connectivity index (χ1n) is 9.12. The molecule has 152 valence electrons. The first-order valence-corrected chi connectivity index (χ1v) is 9.87. The summed E-state index contributed by atoms with van der Waals surface area (Å²) >= 11 is 12.0. The number of hydrogen-bond donors (Lipinski definition) is 2. The molecule has 0 radical (unpaired) electrons. The van der Waals surface area contributed by atoms with Crippen LogP contribution in [0.2, 0.25) is 10.0 Å². The molecule has 0 aliphatic rings. The van der Waals surface area contributed by atoms with Crippen LogP contribution in [-0.4, -0.2) is 24.9 Å². The van der Waals surface area contributed by atoms with Gasteiger partial charge in [-0.05, 0) is 49.1 Å².